The SMILES string of the molecule is NC1(CC(=O)O)CN(C(=O)OCC2c3ccccc3-c3ccccc32)C1. The molecule has 6 nitrogen and oxygen atoms in total. The predicted molar refractivity (Wildman–Crippen MR) is 95.8 cm³/mol. The number of hydrogen-bond donors (Lipinski definition) is 2. The lowest BCUT2D eigenvalue weighted by atomic mass is 9.88. The van der Waals surface area contributed by atoms with Gasteiger partial charge in [0.1, 0.15) is 6.61 Å². The van der Waals surface area contributed by atoms with E-state index in [1.54, 1.807) is 0 Å². The first-order valence-electron chi connectivity index (χ1n) is 8.57. The van der Waals surface area contributed by atoms with Crippen molar-refractivity contribution in [3.05, 3.63) is 59.7 Å². The number of hydrogen-bond acceptors (Lipinski definition) is 4. The van der Waals surface area contributed by atoms with Crippen molar-refractivity contribution in [2.24, 2.45) is 5.73 Å². The Labute approximate surface area is 151 Å². The van der Waals surface area contributed by atoms with Crippen molar-refractivity contribution in [2.75, 3.05) is 19.7 Å². The number of amides is 1. The average Bonchev–Trinajstić information content (AvgIpc) is 2.91. The van der Waals surface area contributed by atoms with Gasteiger partial charge in [0, 0.05) is 19.0 Å². The third-order valence-corrected chi connectivity index (χ3v) is 5.11. The summed E-state index contributed by atoms with van der Waals surface area (Å²) in [6.45, 7) is 0.659. The Balaban J connectivity index is 1.43. The summed E-state index contributed by atoms with van der Waals surface area (Å²) in [5.41, 5.74) is 9.76. The number of aliphatic carboxylic acids is 1. The first-order chi connectivity index (χ1) is 12.5. The molecule has 0 atom stereocenters. The van der Waals surface area contributed by atoms with E-state index in [-0.39, 0.29) is 32.0 Å². The molecule has 1 aliphatic heterocycles. The van der Waals surface area contributed by atoms with E-state index in [1.165, 1.54) is 16.0 Å². The molecule has 0 spiro atoms. The van der Waals surface area contributed by atoms with E-state index >= 15 is 0 Å². The van der Waals surface area contributed by atoms with E-state index < -0.39 is 17.6 Å². The third-order valence-electron chi connectivity index (χ3n) is 5.11. The minimum Gasteiger partial charge on any atom is -0.481 e. The predicted octanol–water partition coefficient (Wildman–Crippen LogP) is 2.42. The second-order valence-electron chi connectivity index (χ2n) is 7.09. The number of carbonyl (C=O) groups is 2. The molecule has 134 valence electrons. The Morgan fingerprint density at radius 2 is 1.62 bits per heavy atom. The van der Waals surface area contributed by atoms with Gasteiger partial charge in [0.25, 0.3) is 0 Å². The summed E-state index contributed by atoms with van der Waals surface area (Å²) in [6, 6.07) is 16.3. The lowest BCUT2D eigenvalue weighted by Gasteiger charge is -2.46. The van der Waals surface area contributed by atoms with Crippen molar-refractivity contribution in [1.82, 2.24) is 4.90 Å². The van der Waals surface area contributed by atoms with Gasteiger partial charge in [-0.1, -0.05) is 48.5 Å². The number of rotatable bonds is 4. The van der Waals surface area contributed by atoms with Crippen molar-refractivity contribution in [2.45, 2.75) is 17.9 Å². The lowest BCUT2D eigenvalue weighted by molar-refractivity contribution is -0.140. The maximum Gasteiger partial charge on any atom is 0.409 e. The fourth-order valence-electron chi connectivity index (χ4n) is 3.94. The van der Waals surface area contributed by atoms with E-state index in [0.29, 0.717) is 0 Å². The quantitative estimate of drug-likeness (QED) is 0.881. The van der Waals surface area contributed by atoms with Gasteiger partial charge in [-0.25, -0.2) is 4.79 Å². The highest BCUT2D eigenvalue weighted by Gasteiger charge is 2.44. The molecule has 2 aromatic carbocycles. The molecule has 1 heterocycles. The molecule has 2 aromatic rings. The molecule has 1 aliphatic carbocycles. The Kier molecular flexibility index (Phi) is 3.92. The number of fused-ring (bicyclic) bond motifs is 3. The third kappa shape index (κ3) is 2.82. The van der Waals surface area contributed by atoms with Crippen LogP contribution < -0.4 is 5.73 Å². The van der Waals surface area contributed by atoms with Gasteiger partial charge in [-0.05, 0) is 22.3 Å². The highest BCUT2D eigenvalue weighted by atomic mass is 16.6. The fraction of sp³-hybridized carbons (Fsp3) is 0.300. The normalized spacial score (nSPS) is 17.2. The topological polar surface area (TPSA) is 92.9 Å². The van der Waals surface area contributed by atoms with Gasteiger partial charge >= 0.3 is 12.1 Å². The molecule has 1 amide bonds. The van der Waals surface area contributed by atoms with Gasteiger partial charge in [0.05, 0.1) is 12.0 Å². The van der Waals surface area contributed by atoms with Crippen LogP contribution in [0.2, 0.25) is 0 Å². The molecule has 6 heteroatoms. The lowest BCUT2D eigenvalue weighted by Crippen LogP contribution is -2.69. The van der Waals surface area contributed by atoms with Gasteiger partial charge in [0.15, 0.2) is 0 Å². The van der Waals surface area contributed by atoms with Crippen LogP contribution in [-0.4, -0.2) is 47.3 Å². The highest BCUT2D eigenvalue weighted by Crippen LogP contribution is 2.44. The largest absolute Gasteiger partial charge is 0.481 e. The van der Waals surface area contributed by atoms with Gasteiger partial charge in [-0.2, -0.15) is 0 Å². The molecule has 4 rings (SSSR count). The van der Waals surface area contributed by atoms with Crippen LogP contribution in [0, 0.1) is 0 Å². The van der Waals surface area contributed by atoms with Crippen LogP contribution in [0.3, 0.4) is 0 Å². The molecule has 3 N–H and O–H groups in total. The number of benzene rings is 2. The number of carboxylic acid groups (broad SMARTS) is 1. The van der Waals surface area contributed by atoms with Gasteiger partial charge < -0.3 is 20.5 Å². The van der Waals surface area contributed by atoms with Crippen LogP contribution >= 0.6 is 0 Å². The number of nitrogens with two attached hydrogens (primary N) is 1. The van der Waals surface area contributed by atoms with Gasteiger partial charge in [-0.3, -0.25) is 4.79 Å². The maximum absolute atomic E-state index is 12.3. The zero-order valence-electron chi connectivity index (χ0n) is 14.2. The molecule has 0 bridgehead atoms. The van der Waals surface area contributed by atoms with E-state index in [1.807, 2.05) is 24.3 Å². The maximum atomic E-state index is 12.3. The first-order valence-corrected chi connectivity index (χ1v) is 8.57. The molecule has 2 aliphatic rings. The standard InChI is InChI=1S/C20H20N2O4/c21-20(9-18(23)24)11-22(12-20)19(25)26-10-17-15-7-3-1-5-13(15)14-6-2-4-8-16(14)17/h1-8,17H,9-12,21H2,(H,23,24). The van der Waals surface area contributed by atoms with Crippen LogP contribution in [0.5, 0.6) is 0 Å². The molecule has 0 saturated carbocycles. The Morgan fingerprint density at radius 1 is 1.08 bits per heavy atom. The number of likely N-dealkylation sites (tertiary alicyclic amines) is 1. The molecular weight excluding hydrogens is 332 g/mol. The van der Waals surface area contributed by atoms with Gasteiger partial charge in [0.2, 0.25) is 0 Å². The van der Waals surface area contributed by atoms with Crippen LogP contribution in [0.1, 0.15) is 23.5 Å². The smallest absolute Gasteiger partial charge is 0.409 e. The van der Waals surface area contributed by atoms with Crippen molar-refractivity contribution in [1.29, 1.82) is 0 Å². The molecular formula is C20H20N2O4. The van der Waals surface area contributed by atoms with E-state index in [4.69, 9.17) is 15.6 Å². The Morgan fingerprint density at radius 3 is 2.15 bits per heavy atom. The van der Waals surface area contributed by atoms with Crippen molar-refractivity contribution < 1.29 is 19.4 Å². The van der Waals surface area contributed by atoms with Crippen LogP contribution in [-0.2, 0) is 9.53 Å². The second-order valence-corrected chi connectivity index (χ2v) is 7.09. The summed E-state index contributed by atoms with van der Waals surface area (Å²) >= 11 is 0. The second kappa shape index (κ2) is 6.14. The minimum atomic E-state index is -0.959. The monoisotopic (exact) mass is 352 g/mol. The summed E-state index contributed by atoms with van der Waals surface area (Å²) in [4.78, 5) is 24.5. The number of carbonyl (C=O) groups excluding carboxylic acids is 1. The van der Waals surface area contributed by atoms with Gasteiger partial charge in [-0.15, -0.1) is 0 Å². The number of nitrogens with zero attached hydrogens (tertiary/aromatic N) is 1. The Bertz CT molecular complexity index is 828. The van der Waals surface area contributed by atoms with Crippen molar-refractivity contribution >= 4 is 12.1 Å². The fourth-order valence-corrected chi connectivity index (χ4v) is 3.94. The molecule has 1 saturated heterocycles. The van der Waals surface area contributed by atoms with E-state index in [9.17, 15) is 9.59 Å². The average molecular weight is 352 g/mol. The van der Waals surface area contributed by atoms with Crippen LogP contribution in [0.4, 0.5) is 4.79 Å². The van der Waals surface area contributed by atoms with Crippen molar-refractivity contribution in [3.8, 4) is 11.1 Å². The summed E-state index contributed by atoms with van der Waals surface area (Å²) in [5, 5.41) is 8.86. The zero-order chi connectivity index (χ0) is 18.3. The first kappa shape index (κ1) is 16.6. The molecule has 0 aromatic heterocycles. The van der Waals surface area contributed by atoms with E-state index in [2.05, 4.69) is 24.3 Å². The number of ether oxygens (including phenoxy) is 1. The number of carboxylic acids is 1. The molecule has 26 heavy (non-hydrogen) atoms. The minimum absolute atomic E-state index is 0.00859. The molecule has 1 fully saturated rings. The highest BCUT2D eigenvalue weighted by molar-refractivity contribution is 5.79. The molecule has 0 unspecified atom stereocenters. The van der Waals surface area contributed by atoms with Crippen LogP contribution in [0.25, 0.3) is 11.1 Å². The summed E-state index contributed by atoms with van der Waals surface area (Å²) < 4.78 is 5.53. The Hall–Kier alpha value is -2.86. The summed E-state index contributed by atoms with van der Waals surface area (Å²) in [5.74, 6) is -0.950. The molecule has 0 radical (unpaired) electrons. The zero-order valence-corrected chi connectivity index (χ0v) is 14.2. The van der Waals surface area contributed by atoms with E-state index in [0.717, 1.165) is 11.1 Å². The van der Waals surface area contributed by atoms with Crippen molar-refractivity contribution in [3.63, 3.8) is 0 Å². The summed E-state index contributed by atoms with van der Waals surface area (Å²) in [7, 11) is 0. The summed E-state index contributed by atoms with van der Waals surface area (Å²) in [6.07, 6.45) is -0.599. The van der Waals surface area contributed by atoms with Crippen LogP contribution in [0.15, 0.2) is 48.5 Å².